The van der Waals surface area contributed by atoms with Crippen LogP contribution in [0.2, 0.25) is 0 Å². The van der Waals surface area contributed by atoms with Crippen molar-refractivity contribution in [3.63, 3.8) is 0 Å². The zero-order valence-corrected chi connectivity index (χ0v) is 11.0. The summed E-state index contributed by atoms with van der Waals surface area (Å²) in [5.74, 6) is 0.581. The lowest BCUT2D eigenvalue weighted by Gasteiger charge is -2.24. The second kappa shape index (κ2) is 6.17. The maximum atomic E-state index is 12.1. The molecule has 1 unspecified atom stereocenters. The molecule has 0 saturated heterocycles. The van der Waals surface area contributed by atoms with Gasteiger partial charge in [0.1, 0.15) is 11.5 Å². The largest absolute Gasteiger partial charge is 0.573 e. The SMILES string of the molecule is CNC(C1=CCCCO1)c1ccc(OC(F)(F)F)cc1. The average molecular weight is 287 g/mol. The minimum Gasteiger partial charge on any atom is -0.496 e. The smallest absolute Gasteiger partial charge is 0.496 e. The molecule has 0 radical (unpaired) electrons. The molecule has 1 atom stereocenters. The summed E-state index contributed by atoms with van der Waals surface area (Å²) in [5, 5.41) is 3.10. The van der Waals surface area contributed by atoms with Gasteiger partial charge in [0.2, 0.25) is 0 Å². The van der Waals surface area contributed by atoms with Crippen LogP contribution in [0.3, 0.4) is 0 Å². The van der Waals surface area contributed by atoms with Gasteiger partial charge < -0.3 is 14.8 Å². The topological polar surface area (TPSA) is 30.5 Å². The molecular weight excluding hydrogens is 271 g/mol. The molecule has 0 fully saturated rings. The second-order valence-electron chi connectivity index (χ2n) is 4.44. The lowest BCUT2D eigenvalue weighted by molar-refractivity contribution is -0.274. The van der Waals surface area contributed by atoms with Crippen LogP contribution in [-0.2, 0) is 4.74 Å². The van der Waals surface area contributed by atoms with E-state index in [0.29, 0.717) is 6.61 Å². The predicted molar refractivity (Wildman–Crippen MR) is 68.2 cm³/mol. The minimum atomic E-state index is -4.67. The van der Waals surface area contributed by atoms with E-state index in [2.05, 4.69) is 10.1 Å². The number of alkyl halides is 3. The van der Waals surface area contributed by atoms with Crippen LogP contribution >= 0.6 is 0 Å². The van der Waals surface area contributed by atoms with Crippen LogP contribution in [0.4, 0.5) is 13.2 Å². The maximum absolute atomic E-state index is 12.1. The fourth-order valence-electron chi connectivity index (χ4n) is 2.11. The van der Waals surface area contributed by atoms with E-state index in [0.717, 1.165) is 24.2 Å². The summed E-state index contributed by atoms with van der Waals surface area (Å²) >= 11 is 0. The van der Waals surface area contributed by atoms with Crippen molar-refractivity contribution < 1.29 is 22.6 Å². The first-order valence-electron chi connectivity index (χ1n) is 6.35. The molecule has 0 amide bonds. The Morgan fingerprint density at radius 2 is 1.95 bits per heavy atom. The fourth-order valence-corrected chi connectivity index (χ4v) is 2.11. The van der Waals surface area contributed by atoms with E-state index in [1.165, 1.54) is 12.1 Å². The van der Waals surface area contributed by atoms with Crippen LogP contribution < -0.4 is 10.1 Å². The summed E-state index contributed by atoms with van der Waals surface area (Å²) in [6, 6.07) is 5.64. The molecule has 2 rings (SSSR count). The van der Waals surface area contributed by atoms with Gasteiger partial charge in [0.15, 0.2) is 0 Å². The first-order chi connectivity index (χ1) is 9.49. The Morgan fingerprint density at radius 1 is 1.25 bits per heavy atom. The molecule has 6 heteroatoms. The van der Waals surface area contributed by atoms with E-state index in [4.69, 9.17) is 4.74 Å². The number of allylic oxidation sites excluding steroid dienone is 1. The van der Waals surface area contributed by atoms with E-state index in [9.17, 15) is 13.2 Å². The highest BCUT2D eigenvalue weighted by molar-refractivity contribution is 5.32. The molecule has 110 valence electrons. The number of likely N-dealkylation sites (N-methyl/N-ethyl adjacent to an activating group) is 1. The molecule has 1 heterocycles. The number of hydrogen-bond acceptors (Lipinski definition) is 3. The molecular formula is C14H16F3NO2. The summed E-state index contributed by atoms with van der Waals surface area (Å²) in [5.41, 5.74) is 0.829. The summed E-state index contributed by atoms with van der Waals surface area (Å²) in [6.07, 6.45) is -0.731. The molecule has 1 aliphatic heterocycles. The third kappa shape index (κ3) is 3.90. The lowest BCUT2D eigenvalue weighted by Crippen LogP contribution is -2.22. The lowest BCUT2D eigenvalue weighted by atomic mass is 10.0. The van der Waals surface area contributed by atoms with Gasteiger partial charge in [-0.1, -0.05) is 12.1 Å². The van der Waals surface area contributed by atoms with E-state index in [-0.39, 0.29) is 11.8 Å². The van der Waals surface area contributed by atoms with E-state index in [1.54, 1.807) is 19.2 Å². The number of rotatable bonds is 4. The van der Waals surface area contributed by atoms with Gasteiger partial charge in [0.05, 0.1) is 12.6 Å². The molecule has 1 N–H and O–H groups in total. The van der Waals surface area contributed by atoms with Crippen molar-refractivity contribution in [3.05, 3.63) is 41.7 Å². The Hall–Kier alpha value is -1.69. The zero-order valence-electron chi connectivity index (χ0n) is 11.0. The monoisotopic (exact) mass is 287 g/mol. The number of halogens is 3. The van der Waals surface area contributed by atoms with Crippen molar-refractivity contribution in [2.24, 2.45) is 0 Å². The van der Waals surface area contributed by atoms with E-state index < -0.39 is 6.36 Å². The van der Waals surface area contributed by atoms with E-state index >= 15 is 0 Å². The Labute approximate surface area is 115 Å². The van der Waals surface area contributed by atoms with Gasteiger partial charge in [-0.15, -0.1) is 13.2 Å². The third-order valence-corrected chi connectivity index (χ3v) is 2.98. The molecule has 0 aromatic heterocycles. The highest BCUT2D eigenvalue weighted by Gasteiger charge is 2.31. The highest BCUT2D eigenvalue weighted by Crippen LogP contribution is 2.28. The first-order valence-corrected chi connectivity index (χ1v) is 6.35. The summed E-state index contributed by atoms with van der Waals surface area (Å²) in [4.78, 5) is 0. The van der Waals surface area contributed by atoms with Crippen molar-refractivity contribution in [1.29, 1.82) is 0 Å². The highest BCUT2D eigenvalue weighted by atomic mass is 19.4. The number of hydrogen-bond donors (Lipinski definition) is 1. The van der Waals surface area contributed by atoms with Gasteiger partial charge in [-0.25, -0.2) is 0 Å². The van der Waals surface area contributed by atoms with Crippen molar-refractivity contribution in [2.75, 3.05) is 13.7 Å². The molecule has 0 spiro atoms. The Balaban J connectivity index is 2.13. The van der Waals surface area contributed by atoms with Crippen molar-refractivity contribution in [2.45, 2.75) is 25.2 Å². The first kappa shape index (κ1) is 14.7. The number of ether oxygens (including phenoxy) is 2. The maximum Gasteiger partial charge on any atom is 0.573 e. The Kier molecular flexibility index (Phi) is 4.54. The number of nitrogens with one attached hydrogen (secondary N) is 1. The molecule has 0 bridgehead atoms. The van der Waals surface area contributed by atoms with Gasteiger partial charge in [-0.3, -0.25) is 0 Å². The molecule has 1 aromatic rings. The number of benzene rings is 1. The molecule has 1 aliphatic rings. The van der Waals surface area contributed by atoms with Crippen molar-refractivity contribution in [3.8, 4) is 5.75 Å². The Morgan fingerprint density at radius 3 is 2.45 bits per heavy atom. The van der Waals surface area contributed by atoms with Crippen molar-refractivity contribution in [1.82, 2.24) is 5.32 Å². The van der Waals surface area contributed by atoms with Crippen LogP contribution in [0.15, 0.2) is 36.1 Å². The molecule has 1 aromatic carbocycles. The van der Waals surface area contributed by atoms with Crippen LogP contribution in [0.25, 0.3) is 0 Å². The minimum absolute atomic E-state index is 0.157. The quantitative estimate of drug-likeness (QED) is 0.918. The standard InChI is InChI=1S/C14H16F3NO2/c1-18-13(12-4-2-3-9-19-12)10-5-7-11(8-6-10)20-14(15,16)17/h4-8,13,18H,2-3,9H2,1H3. The van der Waals surface area contributed by atoms with Gasteiger partial charge in [-0.05, 0) is 43.7 Å². The Bertz CT molecular complexity index is 468. The molecule has 20 heavy (non-hydrogen) atoms. The second-order valence-corrected chi connectivity index (χ2v) is 4.44. The van der Waals surface area contributed by atoms with Crippen molar-refractivity contribution >= 4 is 0 Å². The molecule has 0 aliphatic carbocycles. The predicted octanol–water partition coefficient (Wildman–Crippen LogP) is 3.54. The fraction of sp³-hybridized carbons (Fsp3) is 0.429. The summed E-state index contributed by atoms with van der Waals surface area (Å²) in [7, 11) is 1.78. The van der Waals surface area contributed by atoms with E-state index in [1.807, 2.05) is 6.08 Å². The van der Waals surface area contributed by atoms with Crippen LogP contribution in [0, 0.1) is 0 Å². The summed E-state index contributed by atoms with van der Waals surface area (Å²) in [6.45, 7) is 0.666. The third-order valence-electron chi connectivity index (χ3n) is 2.98. The van der Waals surface area contributed by atoms with Gasteiger partial charge >= 0.3 is 6.36 Å². The molecule has 3 nitrogen and oxygen atoms in total. The van der Waals surface area contributed by atoms with Crippen LogP contribution in [-0.4, -0.2) is 20.0 Å². The van der Waals surface area contributed by atoms with Gasteiger partial charge in [0.25, 0.3) is 0 Å². The normalized spacial score (nSPS) is 17.1. The van der Waals surface area contributed by atoms with Gasteiger partial charge in [0, 0.05) is 0 Å². The van der Waals surface area contributed by atoms with Crippen LogP contribution in [0.1, 0.15) is 24.4 Å². The average Bonchev–Trinajstić information content (AvgIpc) is 2.41. The van der Waals surface area contributed by atoms with Crippen LogP contribution in [0.5, 0.6) is 5.75 Å². The van der Waals surface area contributed by atoms with Gasteiger partial charge in [-0.2, -0.15) is 0 Å². The zero-order chi connectivity index (χ0) is 14.6. The molecule has 0 saturated carbocycles. The summed E-state index contributed by atoms with van der Waals surface area (Å²) < 4.78 is 45.7.